The molecule has 1 amide bonds. The maximum atomic E-state index is 13.0. The number of carbonyl (C=O) groups is 1. The van der Waals surface area contributed by atoms with E-state index in [-0.39, 0.29) is 12.0 Å². The van der Waals surface area contributed by atoms with Gasteiger partial charge in [0.1, 0.15) is 17.6 Å². The molecule has 3 rings (SSSR count). The van der Waals surface area contributed by atoms with Crippen LogP contribution in [-0.2, 0) is 25.3 Å². The van der Waals surface area contributed by atoms with Crippen molar-refractivity contribution in [2.75, 3.05) is 19.7 Å². The molecule has 0 spiro atoms. The average molecular weight is 345 g/mol. The van der Waals surface area contributed by atoms with Crippen LogP contribution in [0.3, 0.4) is 0 Å². The Bertz CT molecular complexity index is 762. The molecular weight excluding hydrogens is 318 g/mol. The Morgan fingerprint density at radius 1 is 1.40 bits per heavy atom. The number of nitrogens with zero attached hydrogens (tertiary/aromatic N) is 5. The average Bonchev–Trinajstić information content (AvgIpc) is 3.07. The summed E-state index contributed by atoms with van der Waals surface area (Å²) in [4.78, 5) is 19.3. The first-order valence-corrected chi connectivity index (χ1v) is 8.78. The molecule has 136 valence electrons. The fraction of sp³-hybridized carbons (Fsp3) is 0.611. The second-order valence-electron chi connectivity index (χ2n) is 7.20. The Morgan fingerprint density at radius 3 is 2.80 bits per heavy atom. The highest BCUT2D eigenvalue weighted by atomic mass is 16.5. The zero-order chi connectivity index (χ0) is 18.1. The van der Waals surface area contributed by atoms with Gasteiger partial charge < -0.3 is 14.2 Å². The lowest BCUT2D eigenvalue weighted by Gasteiger charge is -2.32. The predicted octanol–water partition coefficient (Wildman–Crippen LogP) is 1.87. The Kier molecular flexibility index (Phi) is 4.94. The van der Waals surface area contributed by atoms with Crippen LogP contribution in [0.15, 0.2) is 12.3 Å². The van der Waals surface area contributed by atoms with Crippen molar-refractivity contribution in [1.82, 2.24) is 24.2 Å². The standard InChI is InChI=1S/C18H27N5O2/c1-12(2)8-14-9-15(22(5)20-14)18(24)23-6-7-25-16(11-23)17-19-13(3)10-21(17)4/h9-10,12,16H,6-8,11H2,1-5H3/t16-/m0/s1. The van der Waals surface area contributed by atoms with Crippen molar-refractivity contribution in [3.8, 4) is 0 Å². The van der Waals surface area contributed by atoms with Gasteiger partial charge in [0.05, 0.1) is 24.5 Å². The van der Waals surface area contributed by atoms with E-state index < -0.39 is 0 Å². The van der Waals surface area contributed by atoms with Gasteiger partial charge in [-0.05, 0) is 25.3 Å². The highest BCUT2D eigenvalue weighted by molar-refractivity contribution is 5.92. The summed E-state index contributed by atoms with van der Waals surface area (Å²) in [6.07, 6.45) is 2.65. The smallest absolute Gasteiger partial charge is 0.272 e. The summed E-state index contributed by atoms with van der Waals surface area (Å²) in [5.74, 6) is 1.38. The minimum Gasteiger partial charge on any atom is -0.367 e. The van der Waals surface area contributed by atoms with Crippen LogP contribution in [0.4, 0.5) is 0 Å². The highest BCUT2D eigenvalue weighted by Gasteiger charge is 2.30. The number of rotatable bonds is 4. The summed E-state index contributed by atoms with van der Waals surface area (Å²) < 4.78 is 9.52. The monoisotopic (exact) mass is 345 g/mol. The lowest BCUT2D eigenvalue weighted by Crippen LogP contribution is -2.43. The highest BCUT2D eigenvalue weighted by Crippen LogP contribution is 2.23. The fourth-order valence-electron chi connectivity index (χ4n) is 3.33. The van der Waals surface area contributed by atoms with Gasteiger partial charge in [0.15, 0.2) is 0 Å². The third-order valence-corrected chi connectivity index (χ3v) is 4.44. The summed E-state index contributed by atoms with van der Waals surface area (Å²) in [5.41, 5.74) is 2.55. The molecule has 0 radical (unpaired) electrons. The van der Waals surface area contributed by atoms with E-state index in [1.807, 2.05) is 42.7 Å². The second-order valence-corrected chi connectivity index (χ2v) is 7.20. The summed E-state index contributed by atoms with van der Waals surface area (Å²) in [7, 11) is 3.79. The van der Waals surface area contributed by atoms with E-state index in [9.17, 15) is 4.79 Å². The molecule has 0 bridgehead atoms. The van der Waals surface area contributed by atoms with Crippen LogP contribution >= 0.6 is 0 Å². The zero-order valence-corrected chi connectivity index (χ0v) is 15.7. The van der Waals surface area contributed by atoms with Crippen molar-refractivity contribution in [2.45, 2.75) is 33.3 Å². The number of morpholine rings is 1. The van der Waals surface area contributed by atoms with E-state index >= 15 is 0 Å². The van der Waals surface area contributed by atoms with Gasteiger partial charge in [-0.2, -0.15) is 5.10 Å². The number of amides is 1. The molecule has 0 unspecified atom stereocenters. The Labute approximate surface area is 148 Å². The van der Waals surface area contributed by atoms with Crippen molar-refractivity contribution in [3.63, 3.8) is 0 Å². The number of carbonyl (C=O) groups excluding carboxylic acids is 1. The third kappa shape index (κ3) is 3.76. The molecule has 0 aromatic carbocycles. The maximum absolute atomic E-state index is 13.0. The quantitative estimate of drug-likeness (QED) is 0.849. The first-order valence-electron chi connectivity index (χ1n) is 8.78. The summed E-state index contributed by atoms with van der Waals surface area (Å²) in [6, 6.07) is 1.91. The number of aryl methyl sites for hydroxylation is 3. The minimum atomic E-state index is -0.195. The van der Waals surface area contributed by atoms with E-state index in [0.717, 1.165) is 23.6 Å². The molecule has 0 N–H and O–H groups in total. The Balaban J connectivity index is 1.76. The number of hydrogen-bond donors (Lipinski definition) is 0. The third-order valence-electron chi connectivity index (χ3n) is 4.44. The van der Waals surface area contributed by atoms with Crippen molar-refractivity contribution in [2.24, 2.45) is 20.0 Å². The van der Waals surface area contributed by atoms with Gasteiger partial charge in [-0.25, -0.2) is 4.98 Å². The van der Waals surface area contributed by atoms with Gasteiger partial charge in [0.25, 0.3) is 5.91 Å². The minimum absolute atomic E-state index is 0.00392. The molecule has 25 heavy (non-hydrogen) atoms. The molecule has 0 saturated carbocycles. The van der Waals surface area contributed by atoms with Gasteiger partial charge in [-0.1, -0.05) is 13.8 Å². The van der Waals surface area contributed by atoms with Crippen LogP contribution in [0.2, 0.25) is 0 Å². The summed E-state index contributed by atoms with van der Waals surface area (Å²) in [5, 5.41) is 4.48. The molecular formula is C18H27N5O2. The van der Waals surface area contributed by atoms with Crippen LogP contribution in [-0.4, -0.2) is 49.8 Å². The summed E-state index contributed by atoms with van der Waals surface area (Å²) in [6.45, 7) is 7.87. The lowest BCUT2D eigenvalue weighted by molar-refractivity contribution is -0.0282. The zero-order valence-electron chi connectivity index (χ0n) is 15.7. The van der Waals surface area contributed by atoms with Gasteiger partial charge >= 0.3 is 0 Å². The fourth-order valence-corrected chi connectivity index (χ4v) is 3.33. The van der Waals surface area contributed by atoms with Gasteiger partial charge in [-0.15, -0.1) is 0 Å². The molecule has 1 atom stereocenters. The molecule has 1 aliphatic heterocycles. The van der Waals surface area contributed by atoms with E-state index in [4.69, 9.17) is 4.74 Å². The number of ether oxygens (including phenoxy) is 1. The van der Waals surface area contributed by atoms with Crippen molar-refractivity contribution < 1.29 is 9.53 Å². The van der Waals surface area contributed by atoms with Crippen LogP contribution in [0.1, 0.15) is 47.7 Å². The molecule has 0 aliphatic carbocycles. The number of imidazole rings is 1. The Morgan fingerprint density at radius 2 is 2.16 bits per heavy atom. The van der Waals surface area contributed by atoms with Crippen LogP contribution in [0.25, 0.3) is 0 Å². The van der Waals surface area contributed by atoms with E-state index in [1.54, 1.807) is 4.68 Å². The molecule has 7 heteroatoms. The van der Waals surface area contributed by atoms with Gasteiger partial charge in [-0.3, -0.25) is 9.48 Å². The first kappa shape index (κ1) is 17.7. The van der Waals surface area contributed by atoms with Gasteiger partial charge in [0.2, 0.25) is 0 Å². The summed E-state index contributed by atoms with van der Waals surface area (Å²) >= 11 is 0. The molecule has 1 aliphatic rings. The molecule has 2 aromatic heterocycles. The van der Waals surface area contributed by atoms with E-state index in [0.29, 0.717) is 31.3 Å². The molecule has 7 nitrogen and oxygen atoms in total. The molecule has 3 heterocycles. The molecule has 1 fully saturated rings. The van der Waals surface area contributed by atoms with Crippen molar-refractivity contribution in [1.29, 1.82) is 0 Å². The Hall–Kier alpha value is -2.15. The van der Waals surface area contributed by atoms with Gasteiger partial charge in [0, 0.05) is 26.8 Å². The lowest BCUT2D eigenvalue weighted by atomic mass is 10.1. The molecule has 2 aromatic rings. The topological polar surface area (TPSA) is 65.2 Å². The number of hydrogen-bond acceptors (Lipinski definition) is 4. The van der Waals surface area contributed by atoms with E-state index in [2.05, 4.69) is 23.9 Å². The predicted molar refractivity (Wildman–Crippen MR) is 94.3 cm³/mol. The van der Waals surface area contributed by atoms with Crippen LogP contribution < -0.4 is 0 Å². The normalized spacial score (nSPS) is 18.2. The molecule has 1 saturated heterocycles. The largest absolute Gasteiger partial charge is 0.367 e. The van der Waals surface area contributed by atoms with Crippen molar-refractivity contribution >= 4 is 5.91 Å². The van der Waals surface area contributed by atoms with Crippen molar-refractivity contribution in [3.05, 3.63) is 35.2 Å². The second kappa shape index (κ2) is 7.00. The maximum Gasteiger partial charge on any atom is 0.272 e. The number of aromatic nitrogens is 4. The van der Waals surface area contributed by atoms with Crippen LogP contribution in [0, 0.1) is 12.8 Å². The van der Waals surface area contributed by atoms with E-state index in [1.165, 1.54) is 0 Å². The van der Waals surface area contributed by atoms with Crippen LogP contribution in [0.5, 0.6) is 0 Å². The first-order chi connectivity index (χ1) is 11.8. The SMILES string of the molecule is Cc1cn(C)c([C@@H]2CN(C(=O)c3cc(CC(C)C)nn3C)CCO2)n1.